The van der Waals surface area contributed by atoms with Crippen LogP contribution >= 0.6 is 0 Å². The average molecular weight is 718 g/mol. The van der Waals surface area contributed by atoms with E-state index in [0.717, 1.165) is 74.7 Å². The van der Waals surface area contributed by atoms with E-state index < -0.39 is 5.41 Å². The molecule has 1 spiro atoms. The number of para-hydroxylation sites is 1. The van der Waals surface area contributed by atoms with Gasteiger partial charge in [0.05, 0.1) is 5.41 Å². The Bertz CT molecular complexity index is 2840. The number of rotatable bonds is 5. The Balaban J connectivity index is 1.01. The van der Waals surface area contributed by atoms with Crippen molar-refractivity contribution < 1.29 is 4.74 Å². The van der Waals surface area contributed by atoms with Gasteiger partial charge in [0.1, 0.15) is 11.5 Å². The van der Waals surface area contributed by atoms with Gasteiger partial charge in [-0.25, -0.2) is 15.0 Å². The number of fused-ring (bicyclic) bond motifs is 9. The lowest BCUT2D eigenvalue weighted by atomic mass is 9.66. The molecular formula is C52H35N3O. The van der Waals surface area contributed by atoms with Crippen molar-refractivity contribution in [2.75, 3.05) is 0 Å². The van der Waals surface area contributed by atoms with Crippen LogP contribution in [0.4, 0.5) is 0 Å². The molecule has 3 aliphatic rings. The molecule has 264 valence electrons. The van der Waals surface area contributed by atoms with Gasteiger partial charge in [-0.1, -0.05) is 176 Å². The molecule has 0 fully saturated rings. The molecule has 1 aromatic heterocycles. The fourth-order valence-electron chi connectivity index (χ4n) is 8.96. The Kier molecular flexibility index (Phi) is 7.49. The van der Waals surface area contributed by atoms with Crippen molar-refractivity contribution in [1.29, 1.82) is 0 Å². The Morgan fingerprint density at radius 3 is 1.71 bits per heavy atom. The Hall–Kier alpha value is -7.17. The molecule has 4 heteroatoms. The fraction of sp³-hybridized carbons (Fsp3) is 0.0577. The number of ether oxygens (including phenoxy) is 1. The molecule has 0 amide bonds. The number of allylic oxidation sites excluding steroid dienone is 4. The fourth-order valence-corrected chi connectivity index (χ4v) is 8.96. The van der Waals surface area contributed by atoms with Crippen molar-refractivity contribution in [2.45, 2.75) is 18.3 Å². The van der Waals surface area contributed by atoms with Gasteiger partial charge in [0.2, 0.25) is 0 Å². The predicted molar refractivity (Wildman–Crippen MR) is 225 cm³/mol. The lowest BCUT2D eigenvalue weighted by Gasteiger charge is -2.39. The van der Waals surface area contributed by atoms with Crippen LogP contribution in [0.15, 0.2) is 188 Å². The summed E-state index contributed by atoms with van der Waals surface area (Å²) >= 11 is 0. The van der Waals surface area contributed by atoms with E-state index in [4.69, 9.17) is 19.7 Å². The second-order valence-corrected chi connectivity index (χ2v) is 14.6. The third-order valence-corrected chi connectivity index (χ3v) is 11.5. The van der Waals surface area contributed by atoms with E-state index in [0.29, 0.717) is 11.6 Å². The van der Waals surface area contributed by atoms with Gasteiger partial charge in [-0.05, 0) is 75.1 Å². The molecule has 4 nitrogen and oxygen atoms in total. The summed E-state index contributed by atoms with van der Waals surface area (Å²) in [6.45, 7) is 0. The molecule has 0 bridgehead atoms. The van der Waals surface area contributed by atoms with Crippen molar-refractivity contribution in [2.24, 2.45) is 0 Å². The van der Waals surface area contributed by atoms with Crippen LogP contribution in [-0.4, -0.2) is 15.0 Å². The summed E-state index contributed by atoms with van der Waals surface area (Å²) in [6, 6.07) is 60.2. The maximum Gasteiger partial charge on any atom is 0.164 e. The van der Waals surface area contributed by atoms with E-state index in [9.17, 15) is 0 Å². The maximum atomic E-state index is 6.78. The van der Waals surface area contributed by atoms with Crippen LogP contribution in [0.25, 0.3) is 61.7 Å². The highest BCUT2D eigenvalue weighted by Crippen LogP contribution is 2.62. The quantitative estimate of drug-likeness (QED) is 0.178. The first kappa shape index (κ1) is 32.3. The lowest BCUT2D eigenvalue weighted by Crippen LogP contribution is -2.32. The number of hydrogen-bond donors (Lipinski definition) is 0. The van der Waals surface area contributed by atoms with Gasteiger partial charge in [0, 0.05) is 22.3 Å². The monoisotopic (exact) mass is 717 g/mol. The minimum Gasteiger partial charge on any atom is -0.457 e. The first-order valence-electron chi connectivity index (χ1n) is 19.2. The predicted octanol–water partition coefficient (Wildman–Crippen LogP) is 12.7. The van der Waals surface area contributed by atoms with E-state index in [1.165, 1.54) is 27.8 Å². The number of aromatic nitrogens is 3. The highest BCUT2D eigenvalue weighted by Gasteiger charge is 2.50. The van der Waals surface area contributed by atoms with E-state index in [1.807, 2.05) is 6.07 Å². The first-order valence-corrected chi connectivity index (χ1v) is 19.2. The highest BCUT2D eigenvalue weighted by atomic mass is 16.5. The molecule has 56 heavy (non-hydrogen) atoms. The molecule has 1 aliphatic heterocycles. The summed E-state index contributed by atoms with van der Waals surface area (Å²) in [5, 5.41) is 0. The van der Waals surface area contributed by atoms with Crippen LogP contribution in [0.5, 0.6) is 11.5 Å². The van der Waals surface area contributed by atoms with Gasteiger partial charge in [-0.15, -0.1) is 0 Å². The number of nitrogens with zero attached hydrogens (tertiary/aromatic N) is 3. The van der Waals surface area contributed by atoms with Crippen molar-refractivity contribution >= 4 is 5.57 Å². The van der Waals surface area contributed by atoms with Crippen LogP contribution in [0.2, 0.25) is 0 Å². The molecule has 0 atom stereocenters. The van der Waals surface area contributed by atoms with Gasteiger partial charge in [0.25, 0.3) is 0 Å². The van der Waals surface area contributed by atoms with Crippen LogP contribution in [0.3, 0.4) is 0 Å². The van der Waals surface area contributed by atoms with Crippen LogP contribution in [-0.2, 0) is 5.41 Å². The molecule has 2 heterocycles. The lowest BCUT2D eigenvalue weighted by molar-refractivity contribution is 0.436. The average Bonchev–Trinajstić information content (AvgIpc) is 3.57. The first-order chi connectivity index (χ1) is 27.8. The van der Waals surface area contributed by atoms with Gasteiger partial charge in [0.15, 0.2) is 17.5 Å². The maximum absolute atomic E-state index is 6.78. The number of benzene rings is 7. The van der Waals surface area contributed by atoms with Gasteiger partial charge in [-0.2, -0.15) is 0 Å². The summed E-state index contributed by atoms with van der Waals surface area (Å²) in [4.78, 5) is 15.3. The molecule has 0 N–H and O–H groups in total. The summed E-state index contributed by atoms with van der Waals surface area (Å²) in [5.41, 5.74) is 14.4. The molecule has 11 rings (SSSR count). The molecule has 7 aromatic carbocycles. The Morgan fingerprint density at radius 2 is 0.982 bits per heavy atom. The molecule has 8 aromatic rings. The SMILES string of the molecule is C1=CCCC(c2nc(-c3ccc(-c4ccc5c(c4)Oc4ccccc4C54c5ccccc5-c5ccccc54)cc3)nc(-c3ccccc3-c3ccccc3)n2)=C1. The molecule has 0 saturated carbocycles. The van der Waals surface area contributed by atoms with E-state index in [-0.39, 0.29) is 0 Å². The highest BCUT2D eigenvalue weighted by molar-refractivity contribution is 5.89. The molecule has 0 unspecified atom stereocenters. The van der Waals surface area contributed by atoms with Crippen molar-refractivity contribution in [3.63, 3.8) is 0 Å². The summed E-state index contributed by atoms with van der Waals surface area (Å²) in [5.74, 6) is 3.80. The zero-order chi connectivity index (χ0) is 37.1. The zero-order valence-corrected chi connectivity index (χ0v) is 30.6. The molecule has 0 saturated heterocycles. The molecular weight excluding hydrogens is 683 g/mol. The third kappa shape index (κ3) is 5.03. The summed E-state index contributed by atoms with van der Waals surface area (Å²) in [6.07, 6.45) is 8.27. The minimum atomic E-state index is -0.476. The largest absolute Gasteiger partial charge is 0.457 e. The number of hydrogen-bond acceptors (Lipinski definition) is 4. The van der Waals surface area contributed by atoms with Crippen LogP contribution < -0.4 is 4.74 Å². The van der Waals surface area contributed by atoms with Gasteiger partial charge >= 0.3 is 0 Å². The van der Waals surface area contributed by atoms with Crippen molar-refractivity contribution in [3.8, 4) is 67.7 Å². The van der Waals surface area contributed by atoms with Crippen molar-refractivity contribution in [3.05, 3.63) is 216 Å². The van der Waals surface area contributed by atoms with E-state index in [1.54, 1.807) is 0 Å². The summed E-state index contributed by atoms with van der Waals surface area (Å²) in [7, 11) is 0. The smallest absolute Gasteiger partial charge is 0.164 e. The topological polar surface area (TPSA) is 47.9 Å². The van der Waals surface area contributed by atoms with Gasteiger partial charge in [-0.3, -0.25) is 0 Å². The van der Waals surface area contributed by atoms with E-state index >= 15 is 0 Å². The molecule has 0 radical (unpaired) electrons. The normalized spacial score (nSPS) is 14.2. The van der Waals surface area contributed by atoms with Crippen molar-refractivity contribution in [1.82, 2.24) is 15.0 Å². The Morgan fingerprint density at radius 1 is 0.411 bits per heavy atom. The third-order valence-electron chi connectivity index (χ3n) is 11.5. The minimum absolute atomic E-state index is 0.476. The Labute approximate surface area is 326 Å². The second kappa shape index (κ2) is 13.0. The van der Waals surface area contributed by atoms with Gasteiger partial charge < -0.3 is 4.74 Å². The summed E-state index contributed by atoms with van der Waals surface area (Å²) < 4.78 is 6.78. The standard InChI is InChI=1S/C52H35N3O/c1-3-15-35(16-4-1)39-19-7-8-22-42(39)51-54-49(36-17-5-2-6-18-36)53-50(55-51)37-29-27-34(28-30-37)38-31-32-46-48(33-38)56-47-26-14-13-25-45(47)52(46)43-23-11-9-20-40(43)41-21-10-12-24-44(41)52/h1-5,7-17,19-33H,6,18H2. The van der Waals surface area contributed by atoms with Crippen LogP contribution in [0, 0.1) is 0 Å². The second-order valence-electron chi connectivity index (χ2n) is 14.6. The zero-order valence-electron chi connectivity index (χ0n) is 30.6. The van der Waals surface area contributed by atoms with Crippen LogP contribution in [0.1, 0.15) is 40.9 Å². The van der Waals surface area contributed by atoms with E-state index in [2.05, 4.69) is 182 Å². The molecule has 2 aliphatic carbocycles.